The molecule has 2 rings (SSSR count). The van der Waals surface area contributed by atoms with Crippen LogP contribution in [0.2, 0.25) is 0 Å². The molecule has 0 unspecified atom stereocenters. The van der Waals surface area contributed by atoms with Crippen molar-refractivity contribution >= 4 is 5.69 Å². The summed E-state index contributed by atoms with van der Waals surface area (Å²) in [4.78, 5) is 10.7. The van der Waals surface area contributed by atoms with Crippen LogP contribution >= 0.6 is 0 Å². The fraction of sp³-hybridized carbons (Fsp3) is 0.438. The summed E-state index contributed by atoms with van der Waals surface area (Å²) in [7, 11) is 0. The minimum absolute atomic E-state index is 0.112. The van der Waals surface area contributed by atoms with Crippen LogP contribution in [0.5, 0.6) is 0 Å². The maximum atomic E-state index is 11.0. The number of hydrogen-bond acceptors (Lipinski definition) is 3. The van der Waals surface area contributed by atoms with E-state index in [-0.39, 0.29) is 16.0 Å². The van der Waals surface area contributed by atoms with Crippen molar-refractivity contribution in [3.63, 3.8) is 0 Å². The Bertz CT molecular complexity index is 664. The molecule has 1 aromatic carbocycles. The minimum atomic E-state index is -0.364. The van der Waals surface area contributed by atoms with Crippen LogP contribution in [-0.4, -0.2) is 14.7 Å². The van der Waals surface area contributed by atoms with Gasteiger partial charge < -0.3 is 0 Å². The lowest BCUT2D eigenvalue weighted by Gasteiger charge is -2.19. The normalized spacial score (nSPS) is 11.7. The molecule has 0 saturated heterocycles. The SMILES string of the molecule is Cc1nn(Cc2ccc(C(C)(C)C)cc2)c(C)c1[N+](=O)[O-]. The van der Waals surface area contributed by atoms with E-state index < -0.39 is 0 Å². The van der Waals surface area contributed by atoms with Crippen molar-refractivity contribution in [2.45, 2.75) is 46.6 Å². The van der Waals surface area contributed by atoms with Crippen LogP contribution < -0.4 is 0 Å². The van der Waals surface area contributed by atoms with Gasteiger partial charge in [0, 0.05) is 0 Å². The van der Waals surface area contributed by atoms with E-state index in [1.54, 1.807) is 18.5 Å². The molecular weight excluding hydrogens is 266 g/mol. The predicted molar refractivity (Wildman–Crippen MR) is 82.6 cm³/mol. The van der Waals surface area contributed by atoms with Gasteiger partial charge in [-0.05, 0) is 30.4 Å². The Kier molecular flexibility index (Phi) is 3.85. The van der Waals surface area contributed by atoms with Crippen LogP contribution in [0, 0.1) is 24.0 Å². The first-order valence-electron chi connectivity index (χ1n) is 6.98. The highest BCUT2D eigenvalue weighted by Gasteiger charge is 2.21. The smallest absolute Gasteiger partial charge is 0.258 e. The fourth-order valence-electron chi connectivity index (χ4n) is 2.39. The summed E-state index contributed by atoms with van der Waals surface area (Å²) in [5, 5.41) is 15.3. The Balaban J connectivity index is 2.27. The molecule has 0 aliphatic carbocycles. The molecule has 21 heavy (non-hydrogen) atoms. The topological polar surface area (TPSA) is 61.0 Å². The van der Waals surface area contributed by atoms with Gasteiger partial charge >= 0.3 is 5.69 Å². The quantitative estimate of drug-likeness (QED) is 0.638. The molecule has 0 N–H and O–H groups in total. The molecule has 0 saturated carbocycles. The maximum absolute atomic E-state index is 11.0. The van der Waals surface area contributed by atoms with Gasteiger partial charge in [0.05, 0.1) is 11.5 Å². The molecule has 0 atom stereocenters. The monoisotopic (exact) mass is 287 g/mol. The molecular formula is C16H21N3O2. The molecule has 5 nitrogen and oxygen atoms in total. The summed E-state index contributed by atoms with van der Waals surface area (Å²) in [6.07, 6.45) is 0. The summed E-state index contributed by atoms with van der Waals surface area (Å²) in [6.45, 7) is 10.5. The lowest BCUT2D eigenvalue weighted by Crippen LogP contribution is -2.11. The lowest BCUT2D eigenvalue weighted by molar-refractivity contribution is -0.386. The highest BCUT2D eigenvalue weighted by atomic mass is 16.6. The Labute approximate surface area is 124 Å². The number of hydrogen-bond donors (Lipinski definition) is 0. The van der Waals surface area contributed by atoms with Crippen LogP contribution in [-0.2, 0) is 12.0 Å². The van der Waals surface area contributed by atoms with E-state index in [9.17, 15) is 10.1 Å². The third-order valence-corrected chi connectivity index (χ3v) is 3.68. The Morgan fingerprint density at radius 3 is 2.19 bits per heavy atom. The summed E-state index contributed by atoms with van der Waals surface area (Å²) < 4.78 is 1.69. The maximum Gasteiger partial charge on any atom is 0.312 e. The molecule has 1 heterocycles. The molecule has 0 aliphatic rings. The zero-order chi connectivity index (χ0) is 15.8. The molecule has 0 fully saturated rings. The van der Waals surface area contributed by atoms with Crippen molar-refractivity contribution in [3.8, 4) is 0 Å². The summed E-state index contributed by atoms with van der Waals surface area (Å²) in [5.41, 5.74) is 3.65. The van der Waals surface area contributed by atoms with Crippen LogP contribution in [0.25, 0.3) is 0 Å². The van der Waals surface area contributed by atoms with Crippen molar-refractivity contribution in [1.29, 1.82) is 0 Å². The van der Waals surface area contributed by atoms with Crippen LogP contribution in [0.3, 0.4) is 0 Å². The number of rotatable bonds is 3. The van der Waals surface area contributed by atoms with Gasteiger partial charge in [-0.25, -0.2) is 0 Å². The number of aromatic nitrogens is 2. The number of nitrogens with zero attached hydrogens (tertiary/aromatic N) is 3. The molecule has 0 radical (unpaired) electrons. The molecule has 5 heteroatoms. The van der Waals surface area contributed by atoms with E-state index in [4.69, 9.17) is 0 Å². The van der Waals surface area contributed by atoms with Gasteiger partial charge in [0.15, 0.2) is 0 Å². The average molecular weight is 287 g/mol. The predicted octanol–water partition coefficient (Wildman–Crippen LogP) is 3.75. The summed E-state index contributed by atoms with van der Waals surface area (Å²) in [5.74, 6) is 0. The summed E-state index contributed by atoms with van der Waals surface area (Å²) in [6, 6.07) is 8.33. The van der Waals surface area contributed by atoms with E-state index in [0.29, 0.717) is 17.9 Å². The second-order valence-corrected chi connectivity index (χ2v) is 6.38. The van der Waals surface area contributed by atoms with Crippen molar-refractivity contribution in [1.82, 2.24) is 9.78 Å². The van der Waals surface area contributed by atoms with Crippen molar-refractivity contribution < 1.29 is 4.92 Å². The van der Waals surface area contributed by atoms with E-state index in [0.717, 1.165) is 5.56 Å². The average Bonchev–Trinajstić information content (AvgIpc) is 2.64. The van der Waals surface area contributed by atoms with E-state index >= 15 is 0 Å². The Morgan fingerprint density at radius 1 is 1.19 bits per heavy atom. The largest absolute Gasteiger partial charge is 0.312 e. The highest BCUT2D eigenvalue weighted by molar-refractivity contribution is 5.40. The first kappa shape index (κ1) is 15.2. The second kappa shape index (κ2) is 5.31. The standard InChI is InChI=1S/C16H21N3O2/c1-11-15(19(20)21)12(2)18(17-11)10-13-6-8-14(9-7-13)16(3,4)5/h6-9H,10H2,1-5H3. The zero-order valence-electron chi connectivity index (χ0n) is 13.2. The summed E-state index contributed by atoms with van der Waals surface area (Å²) >= 11 is 0. The van der Waals surface area contributed by atoms with Crippen molar-refractivity contribution in [3.05, 3.63) is 56.9 Å². The van der Waals surface area contributed by atoms with Crippen LogP contribution in [0.1, 0.15) is 43.3 Å². The van der Waals surface area contributed by atoms with Crippen LogP contribution in [0.4, 0.5) is 5.69 Å². The van der Waals surface area contributed by atoms with Crippen LogP contribution in [0.15, 0.2) is 24.3 Å². The number of aryl methyl sites for hydroxylation is 1. The number of benzene rings is 1. The molecule has 0 spiro atoms. The molecule has 2 aromatic rings. The fourth-order valence-corrected chi connectivity index (χ4v) is 2.39. The third kappa shape index (κ3) is 3.12. The zero-order valence-corrected chi connectivity index (χ0v) is 13.2. The van der Waals surface area contributed by atoms with Gasteiger partial charge in [-0.2, -0.15) is 5.10 Å². The van der Waals surface area contributed by atoms with E-state index in [2.05, 4.69) is 50.1 Å². The van der Waals surface area contributed by atoms with Gasteiger partial charge in [-0.1, -0.05) is 45.0 Å². The van der Waals surface area contributed by atoms with Gasteiger partial charge in [0.2, 0.25) is 0 Å². The van der Waals surface area contributed by atoms with E-state index in [1.807, 2.05) is 0 Å². The number of nitro groups is 1. The van der Waals surface area contributed by atoms with Gasteiger partial charge in [0.1, 0.15) is 11.4 Å². The van der Waals surface area contributed by atoms with Crippen molar-refractivity contribution in [2.24, 2.45) is 0 Å². The molecule has 1 aromatic heterocycles. The molecule has 0 aliphatic heterocycles. The molecule has 0 bridgehead atoms. The molecule has 112 valence electrons. The lowest BCUT2D eigenvalue weighted by atomic mass is 9.87. The minimum Gasteiger partial charge on any atom is -0.258 e. The third-order valence-electron chi connectivity index (χ3n) is 3.68. The highest BCUT2D eigenvalue weighted by Crippen LogP contribution is 2.24. The second-order valence-electron chi connectivity index (χ2n) is 6.38. The van der Waals surface area contributed by atoms with Gasteiger partial charge in [-0.3, -0.25) is 14.8 Å². The Morgan fingerprint density at radius 2 is 1.76 bits per heavy atom. The molecule has 0 amide bonds. The van der Waals surface area contributed by atoms with Gasteiger partial charge in [-0.15, -0.1) is 0 Å². The first-order chi connectivity index (χ1) is 9.70. The van der Waals surface area contributed by atoms with E-state index in [1.165, 1.54) is 5.56 Å². The first-order valence-corrected chi connectivity index (χ1v) is 6.98. The van der Waals surface area contributed by atoms with Gasteiger partial charge in [0.25, 0.3) is 0 Å². The van der Waals surface area contributed by atoms with Crippen molar-refractivity contribution in [2.75, 3.05) is 0 Å². The Hall–Kier alpha value is -2.17.